The number of benzene rings is 2. The van der Waals surface area contributed by atoms with Crippen molar-refractivity contribution < 1.29 is 9.53 Å². The van der Waals surface area contributed by atoms with Gasteiger partial charge in [-0.2, -0.15) is 0 Å². The predicted molar refractivity (Wildman–Crippen MR) is 98.1 cm³/mol. The molecule has 0 saturated heterocycles. The van der Waals surface area contributed by atoms with Crippen molar-refractivity contribution in [1.29, 1.82) is 0 Å². The molecule has 0 aliphatic heterocycles. The summed E-state index contributed by atoms with van der Waals surface area (Å²) in [5, 5.41) is 12.1. The zero-order valence-electron chi connectivity index (χ0n) is 13.9. The van der Waals surface area contributed by atoms with E-state index < -0.39 is 5.97 Å². The molecule has 3 aromatic rings. The highest BCUT2D eigenvalue weighted by molar-refractivity contribution is 6.30. The van der Waals surface area contributed by atoms with E-state index in [9.17, 15) is 4.79 Å². The number of ether oxygens (including phenoxy) is 1. The van der Waals surface area contributed by atoms with Crippen LogP contribution in [0.3, 0.4) is 0 Å². The molecule has 0 radical (unpaired) electrons. The van der Waals surface area contributed by atoms with Crippen LogP contribution in [0.5, 0.6) is 0 Å². The Balaban J connectivity index is 2.07. The van der Waals surface area contributed by atoms with Crippen LogP contribution in [-0.2, 0) is 9.53 Å². The van der Waals surface area contributed by atoms with Gasteiger partial charge in [0.2, 0.25) is 0 Å². The summed E-state index contributed by atoms with van der Waals surface area (Å²) in [7, 11) is 0. The maximum atomic E-state index is 12.5. The van der Waals surface area contributed by atoms with Gasteiger partial charge in [0, 0.05) is 16.4 Å². The molecule has 128 valence electrons. The number of allylic oxidation sites excluding steroid dienone is 1. The van der Waals surface area contributed by atoms with E-state index in [2.05, 4.69) is 15.6 Å². The Kier molecular flexibility index (Phi) is 5.00. The van der Waals surface area contributed by atoms with Crippen molar-refractivity contribution in [2.75, 3.05) is 11.9 Å². The molecule has 0 unspecified atom stereocenters. The first kappa shape index (κ1) is 17.0. The maximum Gasteiger partial charge on any atom is 0.358 e. The van der Waals surface area contributed by atoms with Crippen molar-refractivity contribution in [2.45, 2.75) is 13.8 Å². The second-order valence-corrected chi connectivity index (χ2v) is 5.75. The highest BCUT2D eigenvalue weighted by Crippen LogP contribution is 2.21. The number of rotatable bonds is 5. The van der Waals surface area contributed by atoms with Crippen LogP contribution in [0, 0.1) is 0 Å². The Hall–Kier alpha value is -2.86. The molecule has 0 spiro atoms. The summed E-state index contributed by atoms with van der Waals surface area (Å²) in [5.74, 6) is -0.475. The number of hydrogen-bond donors (Lipinski definition) is 1. The van der Waals surface area contributed by atoms with Crippen molar-refractivity contribution in [3.05, 3.63) is 59.3 Å². The predicted octanol–water partition coefficient (Wildman–Crippen LogP) is 3.95. The molecule has 0 aliphatic rings. The van der Waals surface area contributed by atoms with E-state index in [1.807, 2.05) is 36.4 Å². The summed E-state index contributed by atoms with van der Waals surface area (Å²) in [5.41, 5.74) is 3.10. The number of nitrogens with zero attached hydrogens (tertiary/aromatic N) is 3. The molecule has 0 bridgehead atoms. The van der Waals surface area contributed by atoms with Crippen LogP contribution in [0.15, 0.2) is 54.2 Å². The lowest BCUT2D eigenvalue weighted by Crippen LogP contribution is -2.18. The van der Waals surface area contributed by atoms with E-state index in [0.717, 1.165) is 11.2 Å². The number of hydrogen-bond acceptors (Lipinski definition) is 5. The summed E-state index contributed by atoms with van der Waals surface area (Å²) in [6, 6.07) is 14.6. The molecular formula is C18H17ClN4O2. The highest BCUT2D eigenvalue weighted by Gasteiger charge is 2.20. The first-order valence-electron chi connectivity index (χ1n) is 7.81. The summed E-state index contributed by atoms with van der Waals surface area (Å²) < 4.78 is 6.70. The molecule has 6 nitrogen and oxygen atoms in total. The van der Waals surface area contributed by atoms with Crippen molar-refractivity contribution in [3.8, 4) is 0 Å². The van der Waals surface area contributed by atoms with E-state index in [-0.39, 0.29) is 12.3 Å². The number of halogens is 1. The molecule has 7 heteroatoms. The van der Waals surface area contributed by atoms with Gasteiger partial charge in [0.05, 0.1) is 12.1 Å². The third kappa shape index (κ3) is 3.64. The van der Waals surface area contributed by atoms with Gasteiger partial charge in [-0.1, -0.05) is 28.9 Å². The van der Waals surface area contributed by atoms with Crippen LogP contribution >= 0.6 is 11.6 Å². The summed E-state index contributed by atoms with van der Waals surface area (Å²) in [6.45, 7) is 3.82. The van der Waals surface area contributed by atoms with Gasteiger partial charge in [0.25, 0.3) is 0 Å². The second kappa shape index (κ2) is 7.36. The Morgan fingerprint density at radius 2 is 1.92 bits per heavy atom. The third-order valence-corrected chi connectivity index (χ3v) is 3.82. The van der Waals surface area contributed by atoms with Gasteiger partial charge < -0.3 is 10.1 Å². The van der Waals surface area contributed by atoms with Crippen LogP contribution in [0.2, 0.25) is 5.02 Å². The van der Waals surface area contributed by atoms with Crippen LogP contribution < -0.4 is 5.32 Å². The normalized spacial score (nSPS) is 12.0. The van der Waals surface area contributed by atoms with Gasteiger partial charge in [-0.25, -0.2) is 9.48 Å². The average Bonchev–Trinajstić information content (AvgIpc) is 3.01. The van der Waals surface area contributed by atoms with Crippen molar-refractivity contribution >= 4 is 40.0 Å². The number of nitrogens with one attached hydrogen (secondary N) is 1. The molecule has 0 atom stereocenters. The SMILES string of the molecule is CCOC(=O)/C(=C(/C)Nc1ccc(Cl)cc1)n1nnc2ccccc21. The topological polar surface area (TPSA) is 69.0 Å². The minimum atomic E-state index is -0.475. The van der Waals surface area contributed by atoms with Gasteiger partial charge in [0.15, 0.2) is 5.70 Å². The fourth-order valence-electron chi connectivity index (χ4n) is 2.44. The van der Waals surface area contributed by atoms with Crippen molar-refractivity contribution in [1.82, 2.24) is 15.0 Å². The van der Waals surface area contributed by atoms with Crippen LogP contribution in [0.25, 0.3) is 16.7 Å². The Bertz CT molecular complexity index is 932. The fourth-order valence-corrected chi connectivity index (χ4v) is 2.57. The monoisotopic (exact) mass is 356 g/mol. The Labute approximate surface area is 150 Å². The minimum Gasteiger partial charge on any atom is -0.461 e. The van der Waals surface area contributed by atoms with Crippen molar-refractivity contribution in [2.24, 2.45) is 0 Å². The van der Waals surface area contributed by atoms with E-state index >= 15 is 0 Å². The molecule has 0 aliphatic carbocycles. The standard InChI is InChI=1S/C18H17ClN4O2/c1-3-25-18(24)17(12(2)20-14-10-8-13(19)9-11-14)23-16-7-5-4-6-15(16)21-22-23/h4-11,20H,3H2,1-2H3/b17-12+. The number of aromatic nitrogens is 3. The second-order valence-electron chi connectivity index (χ2n) is 5.32. The van der Waals surface area contributed by atoms with Gasteiger partial charge in [-0.05, 0) is 50.2 Å². The molecule has 0 fully saturated rings. The molecule has 0 amide bonds. The average molecular weight is 357 g/mol. The Morgan fingerprint density at radius 1 is 1.20 bits per heavy atom. The minimum absolute atomic E-state index is 0.267. The lowest BCUT2D eigenvalue weighted by atomic mass is 10.2. The molecule has 1 aromatic heterocycles. The summed E-state index contributed by atoms with van der Waals surface area (Å²) >= 11 is 5.91. The molecule has 25 heavy (non-hydrogen) atoms. The fraction of sp³-hybridized carbons (Fsp3) is 0.167. The van der Waals surface area contributed by atoms with Crippen LogP contribution in [-0.4, -0.2) is 27.6 Å². The van der Waals surface area contributed by atoms with E-state index in [4.69, 9.17) is 16.3 Å². The first-order chi connectivity index (χ1) is 12.1. The molecule has 1 N–H and O–H groups in total. The molecule has 0 saturated carbocycles. The van der Waals surface area contributed by atoms with Crippen LogP contribution in [0.4, 0.5) is 5.69 Å². The van der Waals surface area contributed by atoms with Gasteiger partial charge in [-0.3, -0.25) is 0 Å². The zero-order valence-corrected chi connectivity index (χ0v) is 14.6. The van der Waals surface area contributed by atoms with E-state index in [1.165, 1.54) is 4.68 Å². The number of anilines is 1. The first-order valence-corrected chi connectivity index (χ1v) is 8.19. The smallest absolute Gasteiger partial charge is 0.358 e. The number of carbonyl (C=O) groups is 1. The van der Waals surface area contributed by atoms with Crippen molar-refractivity contribution in [3.63, 3.8) is 0 Å². The summed E-state index contributed by atoms with van der Waals surface area (Å²) in [6.07, 6.45) is 0. The lowest BCUT2D eigenvalue weighted by Gasteiger charge is -2.13. The number of carbonyl (C=O) groups excluding carboxylic acids is 1. The van der Waals surface area contributed by atoms with Gasteiger partial charge in [0.1, 0.15) is 5.52 Å². The third-order valence-electron chi connectivity index (χ3n) is 3.56. The van der Waals surface area contributed by atoms with E-state index in [1.54, 1.807) is 26.0 Å². The molecule has 1 heterocycles. The maximum absolute atomic E-state index is 12.5. The van der Waals surface area contributed by atoms with Crippen LogP contribution in [0.1, 0.15) is 13.8 Å². The number of para-hydroxylation sites is 1. The highest BCUT2D eigenvalue weighted by atomic mass is 35.5. The summed E-state index contributed by atoms with van der Waals surface area (Å²) in [4.78, 5) is 12.5. The molecule has 2 aromatic carbocycles. The molecule has 3 rings (SSSR count). The van der Waals surface area contributed by atoms with Gasteiger partial charge in [-0.15, -0.1) is 5.10 Å². The van der Waals surface area contributed by atoms with Gasteiger partial charge >= 0.3 is 5.97 Å². The zero-order chi connectivity index (χ0) is 17.8. The quantitative estimate of drug-likeness (QED) is 0.553. The van der Waals surface area contributed by atoms with E-state index in [0.29, 0.717) is 16.2 Å². The number of esters is 1. The Morgan fingerprint density at radius 3 is 2.64 bits per heavy atom. The largest absolute Gasteiger partial charge is 0.461 e. The molecular weight excluding hydrogens is 340 g/mol. The lowest BCUT2D eigenvalue weighted by molar-refractivity contribution is -0.136. The number of fused-ring (bicyclic) bond motifs is 1.